The largest absolute Gasteiger partial charge is 0.325 e. The number of sulfone groups is 1. The van der Waals surface area contributed by atoms with Gasteiger partial charge in [-0.05, 0) is 49.6 Å². The van der Waals surface area contributed by atoms with E-state index in [9.17, 15) is 13.2 Å². The number of aryl methyl sites for hydroxylation is 3. The van der Waals surface area contributed by atoms with E-state index in [1.807, 2.05) is 57.2 Å². The molecule has 0 aliphatic carbocycles. The molecule has 2 atom stereocenters. The first-order valence-corrected chi connectivity index (χ1v) is 11.0. The zero-order valence-electron chi connectivity index (χ0n) is 15.8. The van der Waals surface area contributed by atoms with Crippen molar-refractivity contribution in [2.75, 3.05) is 16.4 Å². The molecule has 5 nitrogen and oxygen atoms in total. The molecule has 6 heteroatoms. The first kappa shape index (κ1) is 18.0. The van der Waals surface area contributed by atoms with Gasteiger partial charge in [0.25, 0.3) is 0 Å². The minimum absolute atomic E-state index is 0.0286. The normalized spacial score (nSPS) is 23.7. The summed E-state index contributed by atoms with van der Waals surface area (Å²) in [7, 11) is -3.16. The fourth-order valence-corrected chi connectivity index (χ4v) is 6.19. The summed E-state index contributed by atoms with van der Waals surface area (Å²) < 4.78 is 24.7. The highest BCUT2D eigenvalue weighted by Gasteiger charge is 2.53. The van der Waals surface area contributed by atoms with Crippen LogP contribution in [-0.2, 0) is 16.4 Å². The first-order chi connectivity index (χ1) is 12.7. The molecule has 0 spiro atoms. The molecule has 4 rings (SSSR count). The smallest absolute Gasteiger partial charge is 0.314 e. The van der Waals surface area contributed by atoms with Gasteiger partial charge in [-0.3, -0.25) is 4.90 Å². The predicted molar refractivity (Wildman–Crippen MR) is 107 cm³/mol. The highest BCUT2D eigenvalue weighted by molar-refractivity contribution is 7.91. The molecule has 0 saturated carbocycles. The predicted octanol–water partition coefficient (Wildman–Crippen LogP) is 3.22. The van der Waals surface area contributed by atoms with Crippen LogP contribution in [0.1, 0.15) is 22.3 Å². The first-order valence-electron chi connectivity index (χ1n) is 9.18. The van der Waals surface area contributed by atoms with Crippen LogP contribution in [0.15, 0.2) is 42.5 Å². The second-order valence-electron chi connectivity index (χ2n) is 7.82. The maximum atomic E-state index is 13.3. The fraction of sp³-hybridized carbons (Fsp3) is 0.381. The SMILES string of the molecule is Cc1ccc(CN2C(=O)N(c3cc(C)cc(C)c3)[C@@H]3CS(=O)(=O)C[C@@H]32)cc1. The van der Waals surface area contributed by atoms with Crippen LogP contribution in [0.3, 0.4) is 0 Å². The maximum Gasteiger partial charge on any atom is 0.325 e. The number of rotatable bonds is 3. The van der Waals surface area contributed by atoms with Crippen LogP contribution in [0, 0.1) is 20.8 Å². The summed E-state index contributed by atoms with van der Waals surface area (Å²) in [4.78, 5) is 16.7. The lowest BCUT2D eigenvalue weighted by atomic mass is 10.1. The van der Waals surface area contributed by atoms with Crippen molar-refractivity contribution >= 4 is 21.6 Å². The minimum Gasteiger partial charge on any atom is -0.314 e. The van der Waals surface area contributed by atoms with Gasteiger partial charge in [0.05, 0.1) is 23.6 Å². The van der Waals surface area contributed by atoms with Crippen molar-refractivity contribution in [3.05, 3.63) is 64.7 Å². The van der Waals surface area contributed by atoms with E-state index in [1.54, 1.807) is 9.80 Å². The Morgan fingerprint density at radius 1 is 0.889 bits per heavy atom. The zero-order chi connectivity index (χ0) is 19.3. The Labute approximate surface area is 160 Å². The zero-order valence-corrected chi connectivity index (χ0v) is 16.7. The fourth-order valence-electron chi connectivity index (χ4n) is 4.24. The van der Waals surface area contributed by atoms with Crippen molar-refractivity contribution in [1.29, 1.82) is 0 Å². The average molecular weight is 385 g/mol. The van der Waals surface area contributed by atoms with E-state index >= 15 is 0 Å². The lowest BCUT2D eigenvalue weighted by Crippen LogP contribution is -2.37. The summed E-state index contributed by atoms with van der Waals surface area (Å²) >= 11 is 0. The van der Waals surface area contributed by atoms with Crippen molar-refractivity contribution in [1.82, 2.24) is 4.90 Å². The number of carbonyl (C=O) groups excluding carboxylic acids is 1. The summed E-state index contributed by atoms with van der Waals surface area (Å²) in [6.45, 7) is 6.43. The van der Waals surface area contributed by atoms with Gasteiger partial charge in [-0.25, -0.2) is 13.2 Å². The van der Waals surface area contributed by atoms with E-state index in [1.165, 1.54) is 0 Å². The van der Waals surface area contributed by atoms with Crippen molar-refractivity contribution in [2.45, 2.75) is 39.4 Å². The van der Waals surface area contributed by atoms with Crippen LogP contribution >= 0.6 is 0 Å². The molecule has 27 heavy (non-hydrogen) atoms. The van der Waals surface area contributed by atoms with Gasteiger partial charge >= 0.3 is 6.03 Å². The lowest BCUT2D eigenvalue weighted by Gasteiger charge is -2.23. The molecular formula is C21H24N2O3S. The molecule has 0 aromatic heterocycles. The maximum absolute atomic E-state index is 13.3. The molecule has 2 aliphatic rings. The molecule has 142 valence electrons. The Balaban J connectivity index is 1.72. The van der Waals surface area contributed by atoms with Gasteiger partial charge < -0.3 is 4.90 Å². The summed E-state index contributed by atoms with van der Waals surface area (Å²) in [5.41, 5.74) is 5.08. The van der Waals surface area contributed by atoms with Crippen LogP contribution in [-0.4, -0.2) is 42.9 Å². The number of nitrogens with zero attached hydrogens (tertiary/aromatic N) is 2. The van der Waals surface area contributed by atoms with E-state index < -0.39 is 9.84 Å². The van der Waals surface area contributed by atoms with E-state index in [2.05, 4.69) is 6.07 Å². The molecule has 2 heterocycles. The number of fused-ring (bicyclic) bond motifs is 1. The van der Waals surface area contributed by atoms with E-state index in [4.69, 9.17) is 0 Å². The topological polar surface area (TPSA) is 57.7 Å². The van der Waals surface area contributed by atoms with E-state index in [0.29, 0.717) is 6.54 Å². The Bertz CT molecular complexity index is 978. The third-order valence-electron chi connectivity index (χ3n) is 5.44. The van der Waals surface area contributed by atoms with Crippen molar-refractivity contribution < 1.29 is 13.2 Å². The molecule has 2 amide bonds. The average Bonchev–Trinajstić information content (AvgIpc) is 2.99. The Kier molecular flexibility index (Phi) is 4.26. The molecule has 0 unspecified atom stereocenters. The second kappa shape index (κ2) is 6.37. The third kappa shape index (κ3) is 3.34. The van der Waals surface area contributed by atoms with Crippen LogP contribution < -0.4 is 4.90 Å². The number of hydrogen-bond acceptors (Lipinski definition) is 3. The Morgan fingerprint density at radius 2 is 1.48 bits per heavy atom. The number of amides is 2. The monoisotopic (exact) mass is 384 g/mol. The highest BCUT2D eigenvalue weighted by atomic mass is 32.2. The third-order valence-corrected chi connectivity index (χ3v) is 7.13. The standard InChI is InChI=1S/C21H24N2O3S/c1-14-4-6-17(7-5-14)11-22-19-12-27(25,26)13-20(19)23(21(22)24)18-9-15(2)8-16(3)10-18/h4-10,19-20H,11-13H2,1-3H3/t19-,20+/m0/s1. The number of benzene rings is 2. The van der Waals surface area contributed by atoms with Crippen molar-refractivity contribution in [3.8, 4) is 0 Å². The van der Waals surface area contributed by atoms with Crippen LogP contribution in [0.25, 0.3) is 0 Å². The van der Waals surface area contributed by atoms with Gasteiger partial charge in [0.15, 0.2) is 9.84 Å². The summed E-state index contributed by atoms with van der Waals surface area (Å²) in [5, 5.41) is 0. The van der Waals surface area contributed by atoms with E-state index in [-0.39, 0.29) is 29.6 Å². The van der Waals surface area contributed by atoms with Gasteiger partial charge in [-0.2, -0.15) is 0 Å². The molecule has 2 aliphatic heterocycles. The number of carbonyl (C=O) groups is 1. The van der Waals surface area contributed by atoms with Crippen LogP contribution in [0.5, 0.6) is 0 Å². The molecule has 0 bridgehead atoms. The summed E-state index contributed by atoms with van der Waals surface area (Å²) in [6, 6.07) is 13.3. The second-order valence-corrected chi connectivity index (χ2v) is 9.98. The van der Waals surface area contributed by atoms with Crippen molar-refractivity contribution in [3.63, 3.8) is 0 Å². The molecule has 0 radical (unpaired) electrons. The molecule has 2 aromatic carbocycles. The summed E-state index contributed by atoms with van der Waals surface area (Å²) in [5.74, 6) is 0.0668. The molecule has 0 N–H and O–H groups in total. The summed E-state index contributed by atoms with van der Waals surface area (Å²) in [6.07, 6.45) is 0. The molecule has 2 saturated heterocycles. The van der Waals surface area contributed by atoms with Crippen LogP contribution in [0.4, 0.5) is 10.5 Å². The highest BCUT2D eigenvalue weighted by Crippen LogP contribution is 2.36. The van der Waals surface area contributed by atoms with Crippen molar-refractivity contribution in [2.24, 2.45) is 0 Å². The van der Waals surface area contributed by atoms with Gasteiger partial charge in [0, 0.05) is 12.2 Å². The Hall–Kier alpha value is -2.34. The lowest BCUT2D eigenvalue weighted by molar-refractivity contribution is 0.206. The van der Waals surface area contributed by atoms with E-state index in [0.717, 1.165) is 27.9 Å². The Morgan fingerprint density at radius 3 is 2.11 bits per heavy atom. The van der Waals surface area contributed by atoms with Crippen LogP contribution in [0.2, 0.25) is 0 Å². The number of urea groups is 1. The molecular weight excluding hydrogens is 360 g/mol. The minimum atomic E-state index is -3.16. The quantitative estimate of drug-likeness (QED) is 0.764. The number of hydrogen-bond donors (Lipinski definition) is 0. The van der Waals surface area contributed by atoms with Gasteiger partial charge in [-0.1, -0.05) is 35.9 Å². The van der Waals surface area contributed by atoms with Gasteiger partial charge in [0.1, 0.15) is 0 Å². The van der Waals surface area contributed by atoms with Gasteiger partial charge in [-0.15, -0.1) is 0 Å². The number of anilines is 1. The molecule has 2 aromatic rings. The molecule has 2 fully saturated rings. The van der Waals surface area contributed by atoms with Gasteiger partial charge in [0.2, 0.25) is 0 Å².